The Bertz CT molecular complexity index is 1910. The number of nitrogens with zero attached hydrogens (tertiary/aromatic N) is 3. The molecule has 0 N–H and O–H groups in total. The topological polar surface area (TPSA) is 19.4 Å². The molecular formula is C45H48IrN3. The van der Waals surface area contributed by atoms with Crippen LogP contribution in [-0.2, 0) is 41.8 Å². The fourth-order valence-corrected chi connectivity index (χ4v) is 7.88. The van der Waals surface area contributed by atoms with Crippen molar-refractivity contribution in [2.45, 2.75) is 96.8 Å². The summed E-state index contributed by atoms with van der Waals surface area (Å²) in [5, 5.41) is 0. The van der Waals surface area contributed by atoms with E-state index in [-0.39, 0.29) is 41.8 Å². The molecule has 0 spiro atoms. The molecular weight excluding hydrogens is 775 g/mol. The number of para-hydroxylation sites is 1. The average molecular weight is 823 g/mol. The van der Waals surface area contributed by atoms with Crippen molar-refractivity contribution in [2.75, 3.05) is 9.80 Å². The summed E-state index contributed by atoms with van der Waals surface area (Å²) < 4.78 is 0. The van der Waals surface area contributed by atoms with Crippen LogP contribution in [0.1, 0.15) is 103 Å². The molecule has 252 valence electrons. The van der Waals surface area contributed by atoms with Crippen molar-refractivity contribution in [1.29, 1.82) is 0 Å². The molecule has 3 heterocycles. The molecule has 49 heavy (non-hydrogen) atoms. The van der Waals surface area contributed by atoms with Gasteiger partial charge in [0.05, 0.1) is 0 Å². The molecule has 0 radical (unpaired) electrons. The van der Waals surface area contributed by atoms with Gasteiger partial charge < -0.3 is 14.8 Å². The van der Waals surface area contributed by atoms with E-state index in [2.05, 4.69) is 144 Å². The molecule has 2 aliphatic heterocycles. The normalized spacial score (nSPS) is 17.5. The third kappa shape index (κ3) is 6.06. The van der Waals surface area contributed by atoms with Crippen LogP contribution in [0.4, 0.5) is 22.7 Å². The number of benzene rings is 4. The quantitative estimate of drug-likeness (QED) is 0.165. The Morgan fingerprint density at radius 2 is 1.43 bits per heavy atom. The van der Waals surface area contributed by atoms with E-state index in [1.807, 2.05) is 42.5 Å². The average Bonchev–Trinajstić information content (AvgIpc) is 3.47. The molecule has 0 saturated carbocycles. The molecule has 0 amide bonds. The summed E-state index contributed by atoms with van der Waals surface area (Å²) >= 11 is 0. The summed E-state index contributed by atoms with van der Waals surface area (Å²) in [6, 6.07) is 38.9. The molecule has 4 aromatic carbocycles. The van der Waals surface area contributed by atoms with Crippen molar-refractivity contribution in [3.8, 4) is 11.3 Å². The fraction of sp³-hybridized carbons (Fsp3) is 0.333. The van der Waals surface area contributed by atoms with Crippen LogP contribution < -0.4 is 9.80 Å². The van der Waals surface area contributed by atoms with Crippen LogP contribution in [-0.4, -0.2) is 4.98 Å². The van der Waals surface area contributed by atoms with Gasteiger partial charge in [-0.3, -0.25) is 0 Å². The Kier molecular flexibility index (Phi) is 9.00. The summed E-state index contributed by atoms with van der Waals surface area (Å²) in [7, 11) is 0. The smallest absolute Gasteiger partial charge is 0.493 e. The summed E-state index contributed by atoms with van der Waals surface area (Å²) in [5.74, 6) is 0. The van der Waals surface area contributed by atoms with Crippen LogP contribution >= 0.6 is 0 Å². The largest absolute Gasteiger partial charge is 3.00 e. The Morgan fingerprint density at radius 3 is 2.08 bits per heavy atom. The van der Waals surface area contributed by atoms with Crippen molar-refractivity contribution in [1.82, 2.24) is 4.98 Å². The number of hydrogen-bond acceptors (Lipinski definition) is 3. The van der Waals surface area contributed by atoms with Gasteiger partial charge in [0, 0.05) is 23.3 Å². The zero-order valence-corrected chi connectivity index (χ0v) is 32.8. The van der Waals surface area contributed by atoms with Crippen molar-refractivity contribution >= 4 is 22.7 Å². The van der Waals surface area contributed by atoms with Crippen LogP contribution in [0, 0.1) is 18.8 Å². The number of fused-ring (bicyclic) bond motifs is 4. The summed E-state index contributed by atoms with van der Waals surface area (Å²) in [6.07, 6.45) is 4.22. The summed E-state index contributed by atoms with van der Waals surface area (Å²) in [5.41, 5.74) is 14.6. The van der Waals surface area contributed by atoms with Gasteiger partial charge in [-0.2, -0.15) is 12.1 Å². The van der Waals surface area contributed by atoms with E-state index in [1.165, 1.54) is 57.8 Å². The van der Waals surface area contributed by atoms with E-state index in [4.69, 9.17) is 0 Å². The van der Waals surface area contributed by atoms with Crippen LogP contribution in [0.2, 0.25) is 0 Å². The van der Waals surface area contributed by atoms with Gasteiger partial charge in [0.1, 0.15) is 0 Å². The number of anilines is 4. The molecule has 0 bridgehead atoms. The zero-order valence-electron chi connectivity index (χ0n) is 30.4. The Balaban J connectivity index is 0.000000270. The van der Waals surface area contributed by atoms with Crippen molar-refractivity contribution in [3.63, 3.8) is 0 Å². The van der Waals surface area contributed by atoms with Crippen LogP contribution in [0.15, 0.2) is 97.2 Å². The number of rotatable bonds is 2. The Hall–Kier alpha value is -3.72. The molecule has 1 aromatic heterocycles. The van der Waals surface area contributed by atoms with Crippen LogP contribution in [0.25, 0.3) is 11.3 Å². The van der Waals surface area contributed by atoms with E-state index in [9.17, 15) is 0 Å². The van der Waals surface area contributed by atoms with Crippen LogP contribution in [0.5, 0.6) is 0 Å². The first-order valence-corrected chi connectivity index (χ1v) is 17.4. The molecule has 0 saturated heterocycles. The van der Waals surface area contributed by atoms with Crippen molar-refractivity contribution in [3.05, 3.63) is 144 Å². The number of aromatic nitrogens is 1. The minimum absolute atomic E-state index is 0. The molecule has 3 aliphatic rings. The SMILES string of the molecule is CC(C)(C)c1ccc(N2[CH-]N3c4[c-]cc5c(c4C(C)(C)c4cccc2c43)C(C)(C)CCC5(C)C)cc1.[Ir+3].[c-]1ccccc1-c1ccccn1. The maximum Gasteiger partial charge on any atom is 3.00 e. The number of hydrogen-bond donors (Lipinski definition) is 0. The van der Waals surface area contributed by atoms with Gasteiger partial charge in [0.2, 0.25) is 0 Å². The summed E-state index contributed by atoms with van der Waals surface area (Å²) in [6.45, 7) is 23.7. The van der Waals surface area contributed by atoms with E-state index in [1.54, 1.807) is 11.8 Å². The number of pyridine rings is 1. The van der Waals surface area contributed by atoms with Crippen molar-refractivity contribution < 1.29 is 20.1 Å². The maximum atomic E-state index is 4.22. The fourth-order valence-electron chi connectivity index (χ4n) is 7.88. The van der Waals surface area contributed by atoms with Gasteiger partial charge in [-0.05, 0) is 63.8 Å². The van der Waals surface area contributed by atoms with E-state index in [0.29, 0.717) is 0 Å². The van der Waals surface area contributed by atoms with Crippen LogP contribution in [0.3, 0.4) is 0 Å². The first-order valence-electron chi connectivity index (χ1n) is 17.4. The minimum Gasteiger partial charge on any atom is -0.493 e. The zero-order chi connectivity index (χ0) is 34.1. The monoisotopic (exact) mass is 823 g/mol. The third-order valence-electron chi connectivity index (χ3n) is 10.8. The summed E-state index contributed by atoms with van der Waals surface area (Å²) in [4.78, 5) is 9.00. The van der Waals surface area contributed by atoms with E-state index >= 15 is 0 Å². The van der Waals surface area contributed by atoms with Gasteiger partial charge in [-0.1, -0.05) is 116 Å². The van der Waals surface area contributed by atoms with Gasteiger partial charge in [0.25, 0.3) is 0 Å². The predicted molar refractivity (Wildman–Crippen MR) is 201 cm³/mol. The van der Waals surface area contributed by atoms with E-state index < -0.39 is 0 Å². The molecule has 1 aliphatic carbocycles. The second-order valence-electron chi connectivity index (χ2n) is 16.5. The first-order chi connectivity index (χ1) is 22.7. The molecule has 5 aromatic rings. The molecule has 0 unspecified atom stereocenters. The second kappa shape index (κ2) is 12.6. The van der Waals surface area contributed by atoms with Gasteiger partial charge in [-0.15, -0.1) is 59.3 Å². The minimum atomic E-state index is -0.107. The van der Waals surface area contributed by atoms with Gasteiger partial charge in [0.15, 0.2) is 0 Å². The third-order valence-corrected chi connectivity index (χ3v) is 10.8. The van der Waals surface area contributed by atoms with Gasteiger partial charge in [-0.25, -0.2) is 0 Å². The van der Waals surface area contributed by atoms with Gasteiger partial charge >= 0.3 is 20.1 Å². The Labute approximate surface area is 308 Å². The van der Waals surface area contributed by atoms with Crippen molar-refractivity contribution in [2.24, 2.45) is 0 Å². The molecule has 8 rings (SSSR count). The molecule has 0 fully saturated rings. The van der Waals surface area contributed by atoms with E-state index in [0.717, 1.165) is 11.3 Å². The molecule has 3 nitrogen and oxygen atoms in total. The Morgan fingerprint density at radius 1 is 0.714 bits per heavy atom. The first kappa shape index (κ1) is 35.1. The molecule has 4 heteroatoms. The molecule has 0 atom stereocenters. The standard InChI is InChI=1S/C34H40N2.C11H8N.Ir/c1-31(2,3)22-13-15-23(16-14-22)35-21-36-26-18-17-24-28(33(6,7)20-19-32(24,4)5)29(26)34(8,9)25-11-10-12-27(35)30(25)36;1-2-6-10(7-3-1)11-8-4-5-9-12-11;/h10-17,21H,19-20H2,1-9H3;1-6,8-9H;/q-2;-1;+3. The maximum absolute atomic E-state index is 4.22. The predicted octanol–water partition coefficient (Wildman–Crippen LogP) is 11.7. The second-order valence-corrected chi connectivity index (χ2v) is 16.5.